The number of hydrogen-bond donors (Lipinski definition) is 2. The van der Waals surface area contributed by atoms with Crippen LogP contribution < -0.4 is 10.6 Å². The van der Waals surface area contributed by atoms with Gasteiger partial charge in [0.2, 0.25) is 0 Å². The molecule has 2 fully saturated rings. The van der Waals surface area contributed by atoms with Crippen LogP contribution in [0.2, 0.25) is 0 Å². The number of aliphatic imine (C=N–C) groups is 1. The van der Waals surface area contributed by atoms with Crippen molar-refractivity contribution in [3.05, 3.63) is 0 Å². The van der Waals surface area contributed by atoms with Gasteiger partial charge in [0.05, 0.1) is 12.7 Å². The van der Waals surface area contributed by atoms with E-state index >= 15 is 0 Å². The second kappa shape index (κ2) is 15.9. The Kier molecular flexibility index (Phi) is 14.6. The van der Waals surface area contributed by atoms with E-state index in [1.807, 2.05) is 7.05 Å². The van der Waals surface area contributed by atoms with Gasteiger partial charge >= 0.3 is 0 Å². The third kappa shape index (κ3) is 10.9. The second-order valence-electron chi connectivity index (χ2n) is 7.10. The fraction of sp³-hybridized carbons (Fsp3) is 0.947. The van der Waals surface area contributed by atoms with Crippen molar-refractivity contribution in [3.63, 3.8) is 0 Å². The largest absolute Gasteiger partial charge is 0.379 e. The van der Waals surface area contributed by atoms with Gasteiger partial charge < -0.3 is 25.0 Å². The average Bonchev–Trinajstić information content (AvgIpc) is 3.02. The summed E-state index contributed by atoms with van der Waals surface area (Å²) < 4.78 is 11.2. The maximum Gasteiger partial charge on any atom is 0.190 e. The summed E-state index contributed by atoms with van der Waals surface area (Å²) in [5.74, 6) is 0.898. The molecule has 0 aromatic rings. The number of nitrogens with one attached hydrogen (secondary N) is 2. The van der Waals surface area contributed by atoms with E-state index in [4.69, 9.17) is 9.47 Å². The molecule has 0 aromatic heterocycles. The zero-order valence-corrected chi connectivity index (χ0v) is 18.8. The molecule has 2 N–H and O–H groups in total. The summed E-state index contributed by atoms with van der Waals surface area (Å²) in [5, 5.41) is 6.77. The van der Waals surface area contributed by atoms with Gasteiger partial charge in [-0.15, -0.1) is 24.0 Å². The van der Waals surface area contributed by atoms with Crippen LogP contribution in [0.1, 0.15) is 51.4 Å². The van der Waals surface area contributed by atoms with Gasteiger partial charge in [0.1, 0.15) is 0 Å². The molecule has 0 radical (unpaired) electrons. The summed E-state index contributed by atoms with van der Waals surface area (Å²) >= 11 is 0. The van der Waals surface area contributed by atoms with Crippen LogP contribution in [-0.4, -0.2) is 76.6 Å². The van der Waals surface area contributed by atoms with Gasteiger partial charge in [-0.05, 0) is 58.2 Å². The number of nitrogens with zero attached hydrogens (tertiary/aromatic N) is 2. The molecule has 6 nitrogen and oxygen atoms in total. The Morgan fingerprint density at radius 3 is 2.46 bits per heavy atom. The van der Waals surface area contributed by atoms with Crippen molar-refractivity contribution in [1.82, 2.24) is 15.5 Å². The number of ether oxygens (including phenoxy) is 2. The lowest BCUT2D eigenvalue weighted by atomic mass is 10.2. The van der Waals surface area contributed by atoms with Crippen molar-refractivity contribution in [2.45, 2.75) is 57.5 Å². The van der Waals surface area contributed by atoms with Crippen molar-refractivity contribution in [2.24, 2.45) is 4.99 Å². The number of rotatable bonds is 10. The molecule has 0 spiro atoms. The molecule has 2 aliphatic heterocycles. The molecule has 2 rings (SSSR count). The van der Waals surface area contributed by atoms with Gasteiger partial charge in [-0.2, -0.15) is 0 Å². The molecule has 1 unspecified atom stereocenters. The van der Waals surface area contributed by atoms with Gasteiger partial charge in [-0.3, -0.25) is 4.99 Å². The Balaban J connectivity index is 0.00000338. The summed E-state index contributed by atoms with van der Waals surface area (Å²) in [6, 6.07) is 0. The van der Waals surface area contributed by atoms with E-state index in [9.17, 15) is 0 Å². The molecule has 0 aromatic carbocycles. The molecule has 2 saturated heterocycles. The van der Waals surface area contributed by atoms with Gasteiger partial charge in [0.15, 0.2) is 5.96 Å². The maximum absolute atomic E-state index is 5.68. The predicted octanol–water partition coefficient (Wildman–Crippen LogP) is 2.62. The lowest BCUT2D eigenvalue weighted by Crippen LogP contribution is -2.39. The first-order valence-corrected chi connectivity index (χ1v) is 10.2. The monoisotopic (exact) mass is 482 g/mol. The van der Waals surface area contributed by atoms with Crippen LogP contribution >= 0.6 is 24.0 Å². The molecule has 0 amide bonds. The van der Waals surface area contributed by atoms with Gasteiger partial charge in [-0.1, -0.05) is 12.8 Å². The Morgan fingerprint density at radius 1 is 1.08 bits per heavy atom. The molecule has 7 heteroatoms. The van der Waals surface area contributed by atoms with Crippen LogP contribution in [-0.2, 0) is 9.47 Å². The fourth-order valence-corrected chi connectivity index (χ4v) is 3.46. The third-order valence-electron chi connectivity index (χ3n) is 4.95. The maximum atomic E-state index is 5.68. The lowest BCUT2D eigenvalue weighted by molar-refractivity contribution is 0.0168. The van der Waals surface area contributed by atoms with E-state index in [0.29, 0.717) is 6.10 Å². The van der Waals surface area contributed by atoms with Gasteiger partial charge in [-0.25, -0.2) is 0 Å². The highest BCUT2D eigenvalue weighted by Gasteiger charge is 2.14. The highest BCUT2D eigenvalue weighted by Crippen LogP contribution is 2.12. The van der Waals surface area contributed by atoms with Crippen molar-refractivity contribution < 1.29 is 9.47 Å². The molecule has 2 heterocycles. The summed E-state index contributed by atoms with van der Waals surface area (Å²) in [6.45, 7) is 8.03. The summed E-state index contributed by atoms with van der Waals surface area (Å²) in [5.41, 5.74) is 0. The SMILES string of the molecule is CN=C(NCCCOCC1CCCO1)NCCCN1CCCCCC1.I. The molecular weight excluding hydrogens is 443 g/mol. The Hall–Kier alpha value is -0.120. The molecule has 1 atom stereocenters. The molecule has 0 saturated carbocycles. The minimum Gasteiger partial charge on any atom is -0.379 e. The molecule has 2 aliphatic rings. The normalized spacial score (nSPS) is 21.9. The quantitative estimate of drug-likeness (QED) is 0.217. The zero-order valence-electron chi connectivity index (χ0n) is 16.5. The van der Waals surface area contributed by atoms with Crippen LogP contribution in [0.4, 0.5) is 0 Å². The van der Waals surface area contributed by atoms with Crippen LogP contribution in [0.5, 0.6) is 0 Å². The third-order valence-corrected chi connectivity index (χ3v) is 4.95. The number of halogens is 1. The van der Waals surface area contributed by atoms with Crippen LogP contribution in [0.3, 0.4) is 0 Å². The van der Waals surface area contributed by atoms with Crippen LogP contribution in [0, 0.1) is 0 Å². The summed E-state index contributed by atoms with van der Waals surface area (Å²) in [4.78, 5) is 6.90. The van der Waals surface area contributed by atoms with Crippen molar-refractivity contribution >= 4 is 29.9 Å². The van der Waals surface area contributed by atoms with Crippen LogP contribution in [0.25, 0.3) is 0 Å². The Bertz CT molecular complexity index is 357. The van der Waals surface area contributed by atoms with Gasteiger partial charge in [0.25, 0.3) is 0 Å². The molecule has 0 bridgehead atoms. The minimum absolute atomic E-state index is 0. The topological polar surface area (TPSA) is 58.1 Å². The predicted molar refractivity (Wildman–Crippen MR) is 119 cm³/mol. The molecular formula is C19H39IN4O2. The first kappa shape index (κ1) is 23.9. The van der Waals surface area contributed by atoms with Crippen LogP contribution in [0.15, 0.2) is 4.99 Å². The van der Waals surface area contributed by atoms with E-state index < -0.39 is 0 Å². The Labute approximate surface area is 176 Å². The number of hydrogen-bond acceptors (Lipinski definition) is 4. The van der Waals surface area contributed by atoms with E-state index in [2.05, 4.69) is 20.5 Å². The van der Waals surface area contributed by atoms with E-state index in [1.54, 1.807) is 0 Å². The highest BCUT2D eigenvalue weighted by molar-refractivity contribution is 14.0. The minimum atomic E-state index is 0. The zero-order chi connectivity index (χ0) is 17.6. The van der Waals surface area contributed by atoms with E-state index in [-0.39, 0.29) is 24.0 Å². The standard InChI is InChI=1S/C19H38N4O2.HI/c1-20-19(21-10-7-14-23-12-4-2-3-5-13-23)22-11-8-15-24-17-18-9-6-16-25-18;/h18H,2-17H2,1H3,(H2,20,21,22);1H. The number of likely N-dealkylation sites (tertiary alicyclic amines) is 1. The molecule has 154 valence electrons. The van der Waals surface area contributed by atoms with Gasteiger partial charge in [0, 0.05) is 33.4 Å². The fourth-order valence-electron chi connectivity index (χ4n) is 3.46. The summed E-state index contributed by atoms with van der Waals surface area (Å²) in [6.07, 6.45) is 10.3. The van der Waals surface area contributed by atoms with Crippen molar-refractivity contribution in [2.75, 3.05) is 59.6 Å². The molecule has 26 heavy (non-hydrogen) atoms. The second-order valence-corrected chi connectivity index (χ2v) is 7.10. The molecule has 0 aliphatic carbocycles. The van der Waals surface area contributed by atoms with Crippen molar-refractivity contribution in [1.29, 1.82) is 0 Å². The first-order chi connectivity index (χ1) is 12.4. The highest BCUT2D eigenvalue weighted by atomic mass is 127. The smallest absolute Gasteiger partial charge is 0.190 e. The Morgan fingerprint density at radius 2 is 1.81 bits per heavy atom. The van der Waals surface area contributed by atoms with E-state index in [1.165, 1.54) is 58.2 Å². The summed E-state index contributed by atoms with van der Waals surface area (Å²) in [7, 11) is 1.83. The van der Waals surface area contributed by atoms with Crippen molar-refractivity contribution in [3.8, 4) is 0 Å². The lowest BCUT2D eigenvalue weighted by Gasteiger charge is -2.20. The first-order valence-electron chi connectivity index (χ1n) is 10.2. The van der Waals surface area contributed by atoms with E-state index in [0.717, 1.165) is 51.7 Å². The number of guanidine groups is 1. The average molecular weight is 482 g/mol.